The van der Waals surface area contributed by atoms with Crippen LogP contribution in [0.4, 0.5) is 0 Å². The van der Waals surface area contributed by atoms with Crippen LogP contribution in [0.25, 0.3) is 10.8 Å². The molecule has 3 aromatic rings. The lowest BCUT2D eigenvalue weighted by Gasteiger charge is -2.27. The number of halogens is 1. The smallest absolute Gasteiger partial charge is 0.261 e. The van der Waals surface area contributed by atoms with Crippen molar-refractivity contribution in [3.8, 4) is 0 Å². The van der Waals surface area contributed by atoms with Gasteiger partial charge in [0.2, 0.25) is 0 Å². The van der Waals surface area contributed by atoms with Gasteiger partial charge in [-0.2, -0.15) is 4.83 Å². The van der Waals surface area contributed by atoms with E-state index in [0.717, 1.165) is 4.90 Å². The molecule has 1 aliphatic rings. The van der Waals surface area contributed by atoms with E-state index in [0.29, 0.717) is 32.5 Å². The van der Waals surface area contributed by atoms with Crippen LogP contribution in [0.1, 0.15) is 26.3 Å². The monoisotopic (exact) mass is 415 g/mol. The number of hydrazine groups is 1. The summed E-state index contributed by atoms with van der Waals surface area (Å²) in [6, 6.07) is 14.2. The molecule has 0 bridgehead atoms. The second-order valence-electron chi connectivity index (χ2n) is 6.28. The summed E-state index contributed by atoms with van der Waals surface area (Å²) in [4.78, 5) is 28.7. The van der Waals surface area contributed by atoms with E-state index in [2.05, 4.69) is 0 Å². The highest BCUT2D eigenvalue weighted by molar-refractivity contribution is 7.89. The highest BCUT2D eigenvalue weighted by atomic mass is 35.5. The summed E-state index contributed by atoms with van der Waals surface area (Å²) < 4.78 is 23.4. The van der Waals surface area contributed by atoms with Crippen LogP contribution in [0.3, 0.4) is 0 Å². The van der Waals surface area contributed by atoms with Crippen LogP contribution in [0.15, 0.2) is 59.5 Å². The van der Waals surface area contributed by atoms with Gasteiger partial charge >= 0.3 is 0 Å². The molecule has 0 spiro atoms. The number of carbonyl (C=O) groups is 2. The number of carbonyl (C=O) groups excluding carboxylic acids is 2. The molecule has 0 saturated carbocycles. The van der Waals surface area contributed by atoms with E-state index in [9.17, 15) is 18.0 Å². The first-order valence-corrected chi connectivity index (χ1v) is 10.1. The van der Waals surface area contributed by atoms with Crippen molar-refractivity contribution in [3.63, 3.8) is 0 Å². The zero-order valence-electron chi connectivity index (χ0n) is 14.3. The molecular formula is C19H14ClN3O4S. The van der Waals surface area contributed by atoms with Gasteiger partial charge < -0.3 is 0 Å². The minimum Gasteiger partial charge on any atom is -0.270 e. The van der Waals surface area contributed by atoms with Gasteiger partial charge in [-0.15, -0.1) is 0 Å². The molecule has 9 heteroatoms. The topological polar surface area (TPSA) is 110 Å². The van der Waals surface area contributed by atoms with Crippen molar-refractivity contribution in [1.29, 1.82) is 0 Å². The Kier molecular flexibility index (Phi) is 4.43. The van der Waals surface area contributed by atoms with E-state index >= 15 is 0 Å². The number of amides is 2. The number of hydrogen-bond acceptors (Lipinski definition) is 5. The van der Waals surface area contributed by atoms with Gasteiger partial charge in [0.05, 0.1) is 11.4 Å². The van der Waals surface area contributed by atoms with Gasteiger partial charge in [-0.1, -0.05) is 35.9 Å². The molecule has 28 heavy (non-hydrogen) atoms. The van der Waals surface area contributed by atoms with Gasteiger partial charge in [-0.25, -0.2) is 8.42 Å². The summed E-state index contributed by atoms with van der Waals surface area (Å²) in [5.74, 6) is 4.16. The van der Waals surface area contributed by atoms with Gasteiger partial charge in [0.15, 0.2) is 0 Å². The van der Waals surface area contributed by atoms with E-state index in [4.69, 9.17) is 17.4 Å². The van der Waals surface area contributed by atoms with E-state index in [1.165, 1.54) is 24.3 Å². The van der Waals surface area contributed by atoms with Gasteiger partial charge in [0, 0.05) is 26.9 Å². The lowest BCUT2D eigenvalue weighted by molar-refractivity contribution is 0.0598. The number of nitrogens with zero attached hydrogens (tertiary/aromatic N) is 1. The van der Waals surface area contributed by atoms with Crippen molar-refractivity contribution in [1.82, 2.24) is 9.73 Å². The Morgan fingerprint density at radius 3 is 2.21 bits per heavy atom. The highest BCUT2D eigenvalue weighted by Gasteiger charge is 2.33. The number of benzene rings is 3. The molecule has 3 aromatic carbocycles. The maximum Gasteiger partial charge on any atom is 0.261 e. The Labute approximate surface area is 165 Å². The predicted molar refractivity (Wildman–Crippen MR) is 104 cm³/mol. The second kappa shape index (κ2) is 6.68. The Balaban J connectivity index is 1.72. The van der Waals surface area contributed by atoms with Crippen LogP contribution < -0.4 is 10.7 Å². The zero-order valence-corrected chi connectivity index (χ0v) is 15.9. The fraction of sp³-hybridized carbons (Fsp3) is 0.0526. The quantitative estimate of drug-likeness (QED) is 0.386. The first kappa shape index (κ1) is 18.6. The standard InChI is InChI=1S/C19H14ClN3O4S/c20-16-9-8-15-17-13(16)2-1-3-14(17)18(24)23(19(15)25)10-11-4-6-12(7-5-11)28(26,27)22-21/h1-9,22H,10,21H2. The summed E-state index contributed by atoms with van der Waals surface area (Å²) in [7, 11) is -3.77. The van der Waals surface area contributed by atoms with E-state index in [-0.39, 0.29) is 11.4 Å². The van der Waals surface area contributed by atoms with Crippen molar-refractivity contribution in [2.24, 2.45) is 5.84 Å². The Morgan fingerprint density at radius 1 is 0.929 bits per heavy atom. The highest BCUT2D eigenvalue weighted by Crippen LogP contribution is 2.34. The number of rotatable bonds is 4. The average molecular weight is 416 g/mol. The largest absolute Gasteiger partial charge is 0.270 e. The molecule has 2 amide bonds. The predicted octanol–water partition coefficient (Wildman–Crippen LogP) is 2.44. The summed E-state index contributed by atoms with van der Waals surface area (Å²) in [5.41, 5.74) is 1.41. The summed E-state index contributed by atoms with van der Waals surface area (Å²) in [6.45, 7) is 0.00645. The molecule has 4 rings (SSSR count). The Bertz CT molecular complexity index is 1220. The second-order valence-corrected chi connectivity index (χ2v) is 8.41. The molecule has 7 nitrogen and oxygen atoms in total. The van der Waals surface area contributed by atoms with Crippen molar-refractivity contribution in [2.75, 3.05) is 0 Å². The molecule has 0 unspecified atom stereocenters. The lowest BCUT2D eigenvalue weighted by Crippen LogP contribution is -2.39. The molecule has 0 aromatic heterocycles. The van der Waals surface area contributed by atoms with Crippen LogP contribution in [0.2, 0.25) is 5.02 Å². The van der Waals surface area contributed by atoms with Crippen LogP contribution in [0.5, 0.6) is 0 Å². The molecular weight excluding hydrogens is 402 g/mol. The molecule has 0 aliphatic carbocycles. The number of nitrogens with one attached hydrogen (secondary N) is 1. The van der Waals surface area contributed by atoms with E-state index in [1.807, 2.05) is 0 Å². The van der Waals surface area contributed by atoms with E-state index < -0.39 is 21.8 Å². The first-order chi connectivity index (χ1) is 13.3. The number of hydrogen-bond donors (Lipinski definition) is 2. The van der Waals surface area contributed by atoms with Gasteiger partial charge in [-0.05, 0) is 35.9 Å². The number of imide groups is 1. The van der Waals surface area contributed by atoms with Gasteiger partial charge in [0.25, 0.3) is 21.8 Å². The van der Waals surface area contributed by atoms with Crippen molar-refractivity contribution in [3.05, 3.63) is 76.3 Å². The fourth-order valence-corrected chi connectivity index (χ4v) is 4.13. The third kappa shape index (κ3) is 2.87. The Hall–Kier alpha value is -2.78. The van der Waals surface area contributed by atoms with Crippen molar-refractivity contribution >= 4 is 44.2 Å². The lowest BCUT2D eigenvalue weighted by atomic mass is 9.94. The summed E-state index contributed by atoms with van der Waals surface area (Å²) in [6.07, 6.45) is 0. The molecule has 0 atom stereocenters. The molecule has 1 heterocycles. The number of nitrogens with two attached hydrogens (primary N) is 1. The average Bonchev–Trinajstić information content (AvgIpc) is 2.70. The maximum absolute atomic E-state index is 12.9. The van der Waals surface area contributed by atoms with Crippen molar-refractivity contribution in [2.45, 2.75) is 11.4 Å². The molecule has 0 radical (unpaired) electrons. The Morgan fingerprint density at radius 2 is 1.57 bits per heavy atom. The fourth-order valence-electron chi connectivity index (χ4n) is 3.28. The normalized spacial score (nSPS) is 14.0. The van der Waals surface area contributed by atoms with Gasteiger partial charge in [-0.3, -0.25) is 20.3 Å². The third-order valence-corrected chi connectivity index (χ3v) is 6.20. The molecule has 3 N–H and O–H groups in total. The van der Waals surface area contributed by atoms with E-state index in [1.54, 1.807) is 35.2 Å². The van der Waals surface area contributed by atoms with Crippen LogP contribution in [-0.4, -0.2) is 25.1 Å². The minimum absolute atomic E-state index is 0.00645. The third-order valence-electron chi connectivity index (χ3n) is 4.67. The van der Waals surface area contributed by atoms with Crippen molar-refractivity contribution < 1.29 is 18.0 Å². The minimum atomic E-state index is -3.77. The maximum atomic E-state index is 12.9. The summed E-state index contributed by atoms with van der Waals surface area (Å²) >= 11 is 6.21. The van der Waals surface area contributed by atoms with Crippen LogP contribution >= 0.6 is 11.6 Å². The SMILES string of the molecule is NNS(=O)(=O)c1ccc(CN2C(=O)c3cccc4c(Cl)ccc(c34)C2=O)cc1. The van der Waals surface area contributed by atoms with Crippen LogP contribution in [0, 0.1) is 0 Å². The van der Waals surface area contributed by atoms with Crippen LogP contribution in [-0.2, 0) is 16.6 Å². The number of sulfonamides is 1. The molecule has 1 aliphatic heterocycles. The molecule has 0 fully saturated rings. The molecule has 0 saturated heterocycles. The zero-order chi connectivity index (χ0) is 20.1. The molecule has 142 valence electrons. The summed E-state index contributed by atoms with van der Waals surface area (Å²) in [5, 5.41) is 1.68. The first-order valence-electron chi connectivity index (χ1n) is 8.22. The van der Waals surface area contributed by atoms with Gasteiger partial charge in [0.1, 0.15) is 0 Å².